The molecule has 3 heteroatoms. The molecule has 0 saturated heterocycles. The standard InChI is InChI=1S/C8H7F2N/c9-7-3-6(5-1-2-5)4-11-8(7)10/h3-5H,1-2H2. The van der Waals surface area contributed by atoms with Crippen molar-refractivity contribution in [2.75, 3.05) is 0 Å². The Morgan fingerprint density at radius 2 is 2.09 bits per heavy atom. The lowest BCUT2D eigenvalue weighted by Gasteiger charge is -1.96. The largest absolute Gasteiger partial charge is 0.248 e. The Morgan fingerprint density at radius 3 is 2.64 bits per heavy atom. The van der Waals surface area contributed by atoms with Crippen molar-refractivity contribution in [2.45, 2.75) is 18.8 Å². The second kappa shape index (κ2) is 2.26. The van der Waals surface area contributed by atoms with Gasteiger partial charge in [0.25, 0.3) is 0 Å². The zero-order chi connectivity index (χ0) is 7.84. The lowest BCUT2D eigenvalue weighted by Crippen LogP contribution is -1.91. The summed E-state index contributed by atoms with van der Waals surface area (Å²) in [7, 11) is 0. The number of hydrogen-bond acceptors (Lipinski definition) is 1. The highest BCUT2D eigenvalue weighted by Gasteiger charge is 2.24. The van der Waals surface area contributed by atoms with Crippen LogP contribution >= 0.6 is 0 Å². The van der Waals surface area contributed by atoms with Gasteiger partial charge in [-0.05, 0) is 30.4 Å². The molecule has 1 aliphatic carbocycles. The normalized spacial score (nSPS) is 16.9. The molecule has 1 aromatic rings. The van der Waals surface area contributed by atoms with Crippen molar-refractivity contribution < 1.29 is 8.78 Å². The molecule has 1 fully saturated rings. The minimum Gasteiger partial charge on any atom is -0.225 e. The lowest BCUT2D eigenvalue weighted by molar-refractivity contribution is 0.477. The molecule has 0 spiro atoms. The molecular formula is C8H7F2N. The van der Waals surface area contributed by atoms with Crippen molar-refractivity contribution in [3.05, 3.63) is 29.6 Å². The molecule has 1 heterocycles. The highest BCUT2D eigenvalue weighted by atomic mass is 19.2. The van der Waals surface area contributed by atoms with Crippen molar-refractivity contribution in [1.82, 2.24) is 4.98 Å². The Labute approximate surface area is 63.1 Å². The van der Waals surface area contributed by atoms with Gasteiger partial charge in [-0.15, -0.1) is 0 Å². The van der Waals surface area contributed by atoms with Gasteiger partial charge in [0.15, 0.2) is 5.82 Å². The fourth-order valence-electron chi connectivity index (χ4n) is 1.08. The summed E-state index contributed by atoms with van der Waals surface area (Å²) in [6, 6.07) is 1.24. The number of halogens is 2. The monoisotopic (exact) mass is 155 g/mol. The predicted molar refractivity (Wildman–Crippen MR) is 36.1 cm³/mol. The van der Waals surface area contributed by atoms with Gasteiger partial charge in [0, 0.05) is 6.20 Å². The Kier molecular flexibility index (Phi) is 1.37. The number of hydrogen-bond donors (Lipinski definition) is 0. The van der Waals surface area contributed by atoms with E-state index >= 15 is 0 Å². The molecule has 0 N–H and O–H groups in total. The second-order valence-electron chi connectivity index (χ2n) is 2.82. The van der Waals surface area contributed by atoms with Gasteiger partial charge in [0.05, 0.1) is 0 Å². The summed E-state index contributed by atoms with van der Waals surface area (Å²) in [5.74, 6) is -1.42. The third-order valence-electron chi connectivity index (χ3n) is 1.87. The molecular weight excluding hydrogens is 148 g/mol. The van der Waals surface area contributed by atoms with E-state index in [4.69, 9.17) is 0 Å². The molecule has 1 nitrogen and oxygen atoms in total. The van der Waals surface area contributed by atoms with E-state index in [1.54, 1.807) is 0 Å². The second-order valence-corrected chi connectivity index (χ2v) is 2.82. The van der Waals surface area contributed by atoms with Crippen LogP contribution in [0.1, 0.15) is 24.3 Å². The van der Waals surface area contributed by atoms with Crippen LogP contribution in [0.15, 0.2) is 12.3 Å². The Bertz CT molecular complexity index is 281. The van der Waals surface area contributed by atoms with Crippen LogP contribution in [0.3, 0.4) is 0 Å². The van der Waals surface area contributed by atoms with Gasteiger partial charge in [-0.2, -0.15) is 4.39 Å². The maximum Gasteiger partial charge on any atom is 0.248 e. The van der Waals surface area contributed by atoms with Crippen LogP contribution < -0.4 is 0 Å². The SMILES string of the molecule is Fc1cc(C2CC2)cnc1F. The van der Waals surface area contributed by atoms with E-state index in [1.165, 1.54) is 12.3 Å². The number of pyridine rings is 1. The van der Waals surface area contributed by atoms with E-state index in [0.29, 0.717) is 5.92 Å². The smallest absolute Gasteiger partial charge is 0.225 e. The van der Waals surface area contributed by atoms with Crippen molar-refractivity contribution >= 4 is 0 Å². The van der Waals surface area contributed by atoms with Crippen molar-refractivity contribution in [3.8, 4) is 0 Å². The van der Waals surface area contributed by atoms with E-state index in [1.807, 2.05) is 0 Å². The van der Waals surface area contributed by atoms with Crippen LogP contribution in [0.4, 0.5) is 8.78 Å². The first-order valence-corrected chi connectivity index (χ1v) is 3.58. The van der Waals surface area contributed by atoms with E-state index in [9.17, 15) is 8.78 Å². The van der Waals surface area contributed by atoms with Crippen LogP contribution in [0.25, 0.3) is 0 Å². The summed E-state index contributed by atoms with van der Waals surface area (Å²) in [4.78, 5) is 3.30. The summed E-state index contributed by atoms with van der Waals surface area (Å²) in [5, 5.41) is 0. The molecule has 58 valence electrons. The minimum atomic E-state index is -1.01. The number of rotatable bonds is 1. The third kappa shape index (κ3) is 1.23. The van der Waals surface area contributed by atoms with Gasteiger partial charge >= 0.3 is 0 Å². The Balaban J connectivity index is 2.36. The molecule has 0 bridgehead atoms. The molecule has 1 saturated carbocycles. The van der Waals surface area contributed by atoms with E-state index < -0.39 is 11.8 Å². The average molecular weight is 155 g/mol. The molecule has 11 heavy (non-hydrogen) atoms. The predicted octanol–water partition coefficient (Wildman–Crippen LogP) is 2.24. The van der Waals surface area contributed by atoms with Gasteiger partial charge in [-0.25, -0.2) is 9.37 Å². The summed E-state index contributed by atoms with van der Waals surface area (Å²) in [5.41, 5.74) is 0.823. The first-order valence-electron chi connectivity index (χ1n) is 3.58. The van der Waals surface area contributed by atoms with Gasteiger partial charge in [0.2, 0.25) is 5.95 Å². The van der Waals surface area contributed by atoms with Crippen LogP contribution in [0.5, 0.6) is 0 Å². The van der Waals surface area contributed by atoms with E-state index in [-0.39, 0.29) is 0 Å². The van der Waals surface area contributed by atoms with E-state index in [0.717, 1.165) is 18.4 Å². The average Bonchev–Trinajstić information content (AvgIpc) is 2.77. The first kappa shape index (κ1) is 6.70. The third-order valence-corrected chi connectivity index (χ3v) is 1.87. The first-order chi connectivity index (χ1) is 5.27. The molecule has 0 radical (unpaired) electrons. The topological polar surface area (TPSA) is 12.9 Å². The number of nitrogens with zero attached hydrogens (tertiary/aromatic N) is 1. The quantitative estimate of drug-likeness (QED) is 0.567. The summed E-state index contributed by atoms with van der Waals surface area (Å²) in [6.07, 6.45) is 3.57. The fourth-order valence-corrected chi connectivity index (χ4v) is 1.08. The summed E-state index contributed by atoms with van der Waals surface area (Å²) >= 11 is 0. The zero-order valence-electron chi connectivity index (χ0n) is 5.85. The van der Waals surface area contributed by atoms with Crippen LogP contribution in [-0.4, -0.2) is 4.98 Å². The van der Waals surface area contributed by atoms with E-state index in [2.05, 4.69) is 4.98 Å². The minimum absolute atomic E-state index is 0.428. The van der Waals surface area contributed by atoms with Gasteiger partial charge in [-0.1, -0.05) is 0 Å². The Morgan fingerprint density at radius 1 is 1.36 bits per heavy atom. The van der Waals surface area contributed by atoms with Crippen molar-refractivity contribution in [2.24, 2.45) is 0 Å². The molecule has 0 aliphatic heterocycles. The zero-order valence-corrected chi connectivity index (χ0v) is 5.85. The van der Waals surface area contributed by atoms with Gasteiger partial charge in [0.1, 0.15) is 0 Å². The lowest BCUT2D eigenvalue weighted by atomic mass is 10.2. The van der Waals surface area contributed by atoms with Gasteiger partial charge < -0.3 is 0 Å². The maximum atomic E-state index is 12.5. The molecule has 1 aliphatic rings. The van der Waals surface area contributed by atoms with Gasteiger partial charge in [-0.3, -0.25) is 0 Å². The number of aromatic nitrogens is 1. The highest BCUT2D eigenvalue weighted by Crippen LogP contribution is 2.39. The molecule has 0 aromatic carbocycles. The summed E-state index contributed by atoms with van der Waals surface area (Å²) in [6.45, 7) is 0. The molecule has 0 atom stereocenters. The summed E-state index contributed by atoms with van der Waals surface area (Å²) < 4.78 is 24.8. The molecule has 1 aromatic heterocycles. The van der Waals surface area contributed by atoms with Crippen LogP contribution in [0, 0.1) is 11.8 Å². The highest BCUT2D eigenvalue weighted by molar-refractivity contribution is 5.20. The molecule has 0 amide bonds. The van der Waals surface area contributed by atoms with Crippen LogP contribution in [0.2, 0.25) is 0 Å². The maximum absolute atomic E-state index is 12.5. The molecule has 2 rings (SSSR count). The fraction of sp³-hybridized carbons (Fsp3) is 0.375. The van der Waals surface area contributed by atoms with Crippen molar-refractivity contribution in [3.63, 3.8) is 0 Å². The Hall–Kier alpha value is -0.990. The molecule has 0 unspecified atom stereocenters. The van der Waals surface area contributed by atoms with Crippen LogP contribution in [-0.2, 0) is 0 Å². The van der Waals surface area contributed by atoms with Crippen molar-refractivity contribution in [1.29, 1.82) is 0 Å².